The number of halogens is 2. The molecule has 1 rings (SSSR count). The van der Waals surface area contributed by atoms with Crippen LogP contribution in [0.1, 0.15) is 6.92 Å². The highest BCUT2D eigenvalue weighted by Gasteiger charge is 2.26. The van der Waals surface area contributed by atoms with Crippen molar-refractivity contribution < 1.29 is 18.7 Å². The molecular weight excluding hydrogens is 206 g/mol. The highest BCUT2D eigenvalue weighted by atomic mass is 19.3. The van der Waals surface area contributed by atoms with Gasteiger partial charge in [-0.05, 0) is 6.92 Å². The predicted octanol–water partition coefficient (Wildman–Crippen LogP) is 0.342. The number of carboxylic acid groups (broad SMARTS) is 1. The number of alkyl halides is 2. The summed E-state index contributed by atoms with van der Waals surface area (Å²) in [5, 5.41) is 8.62. The van der Waals surface area contributed by atoms with Crippen molar-refractivity contribution in [1.82, 2.24) is 9.80 Å². The topological polar surface area (TPSA) is 43.8 Å². The fourth-order valence-corrected chi connectivity index (χ4v) is 1.84. The van der Waals surface area contributed by atoms with Gasteiger partial charge in [0.1, 0.15) is 0 Å². The lowest BCUT2D eigenvalue weighted by Gasteiger charge is -2.38. The molecule has 88 valence electrons. The molecule has 0 aliphatic carbocycles. The highest BCUT2D eigenvalue weighted by Crippen LogP contribution is 2.10. The summed E-state index contributed by atoms with van der Waals surface area (Å²) >= 11 is 0. The van der Waals surface area contributed by atoms with Gasteiger partial charge in [0.05, 0.1) is 13.1 Å². The minimum atomic E-state index is -2.32. The SMILES string of the molecule is C[C@@H]1CN(CC(F)F)CCN1CC(=O)O. The Morgan fingerprint density at radius 1 is 1.53 bits per heavy atom. The predicted molar refractivity (Wildman–Crippen MR) is 51.1 cm³/mol. The van der Waals surface area contributed by atoms with E-state index in [1.54, 1.807) is 9.80 Å². The summed E-state index contributed by atoms with van der Waals surface area (Å²) in [4.78, 5) is 14.0. The maximum atomic E-state index is 12.1. The van der Waals surface area contributed by atoms with Gasteiger partial charge in [-0.1, -0.05) is 0 Å². The summed E-state index contributed by atoms with van der Waals surface area (Å²) in [5.74, 6) is -0.871. The van der Waals surface area contributed by atoms with E-state index in [-0.39, 0.29) is 19.1 Å². The second kappa shape index (κ2) is 5.37. The minimum absolute atomic E-state index is 0.0102. The molecule has 1 N–H and O–H groups in total. The molecule has 0 saturated carbocycles. The summed E-state index contributed by atoms with van der Waals surface area (Å²) < 4.78 is 24.2. The Morgan fingerprint density at radius 3 is 2.67 bits per heavy atom. The van der Waals surface area contributed by atoms with E-state index < -0.39 is 12.4 Å². The van der Waals surface area contributed by atoms with Crippen LogP contribution in [0.25, 0.3) is 0 Å². The zero-order valence-electron chi connectivity index (χ0n) is 8.70. The van der Waals surface area contributed by atoms with Crippen molar-refractivity contribution in [1.29, 1.82) is 0 Å². The van der Waals surface area contributed by atoms with Crippen LogP contribution in [0, 0.1) is 0 Å². The Balaban J connectivity index is 2.37. The largest absolute Gasteiger partial charge is 0.480 e. The molecule has 0 bridgehead atoms. The van der Waals surface area contributed by atoms with Crippen LogP contribution in [0.15, 0.2) is 0 Å². The van der Waals surface area contributed by atoms with Crippen molar-refractivity contribution in [3.8, 4) is 0 Å². The molecular formula is C9H16F2N2O2. The molecule has 0 aromatic heterocycles. The van der Waals surface area contributed by atoms with Gasteiger partial charge in [0, 0.05) is 25.7 Å². The number of aliphatic carboxylic acids is 1. The summed E-state index contributed by atoms with van der Waals surface area (Å²) in [6, 6.07) is 0.0219. The van der Waals surface area contributed by atoms with Crippen LogP contribution in [0.4, 0.5) is 8.78 Å². The number of piperazine rings is 1. The van der Waals surface area contributed by atoms with Gasteiger partial charge in [-0.3, -0.25) is 14.6 Å². The van der Waals surface area contributed by atoms with Crippen molar-refractivity contribution in [2.24, 2.45) is 0 Å². The first kappa shape index (κ1) is 12.3. The van der Waals surface area contributed by atoms with Crippen molar-refractivity contribution in [3.63, 3.8) is 0 Å². The molecule has 0 radical (unpaired) electrons. The van der Waals surface area contributed by atoms with E-state index in [0.29, 0.717) is 19.6 Å². The summed E-state index contributed by atoms with van der Waals surface area (Å²) in [5.41, 5.74) is 0. The number of hydrogen-bond donors (Lipinski definition) is 1. The van der Waals surface area contributed by atoms with E-state index in [4.69, 9.17) is 5.11 Å². The van der Waals surface area contributed by atoms with Crippen LogP contribution >= 0.6 is 0 Å². The van der Waals surface area contributed by atoms with Crippen LogP contribution < -0.4 is 0 Å². The molecule has 1 saturated heterocycles. The average molecular weight is 222 g/mol. The Labute approximate surface area is 87.5 Å². The summed E-state index contributed by atoms with van der Waals surface area (Å²) in [6.45, 7) is 3.20. The summed E-state index contributed by atoms with van der Waals surface area (Å²) in [6.07, 6.45) is -2.32. The van der Waals surface area contributed by atoms with Crippen LogP contribution in [-0.2, 0) is 4.79 Å². The van der Waals surface area contributed by atoms with E-state index in [1.165, 1.54) is 0 Å². The second-order valence-electron chi connectivity index (χ2n) is 3.86. The highest BCUT2D eigenvalue weighted by molar-refractivity contribution is 5.69. The third kappa shape index (κ3) is 4.09. The summed E-state index contributed by atoms with van der Waals surface area (Å²) in [7, 11) is 0. The first-order chi connectivity index (χ1) is 6.99. The number of rotatable bonds is 4. The molecule has 0 unspecified atom stereocenters. The molecule has 15 heavy (non-hydrogen) atoms. The van der Waals surface area contributed by atoms with Gasteiger partial charge in [0.25, 0.3) is 6.43 Å². The maximum absolute atomic E-state index is 12.1. The van der Waals surface area contributed by atoms with Crippen molar-refractivity contribution in [2.45, 2.75) is 19.4 Å². The van der Waals surface area contributed by atoms with E-state index in [0.717, 1.165) is 0 Å². The van der Waals surface area contributed by atoms with Gasteiger partial charge in [0.2, 0.25) is 0 Å². The fourth-order valence-electron chi connectivity index (χ4n) is 1.84. The van der Waals surface area contributed by atoms with Crippen LogP contribution in [-0.4, -0.2) is 66.1 Å². The molecule has 4 nitrogen and oxygen atoms in total. The number of carbonyl (C=O) groups is 1. The van der Waals surface area contributed by atoms with Gasteiger partial charge in [-0.2, -0.15) is 0 Å². The maximum Gasteiger partial charge on any atom is 0.317 e. The Hall–Kier alpha value is -0.750. The zero-order chi connectivity index (χ0) is 11.4. The molecule has 1 aliphatic rings. The lowest BCUT2D eigenvalue weighted by Crippen LogP contribution is -2.53. The second-order valence-corrected chi connectivity index (χ2v) is 3.86. The normalized spacial score (nSPS) is 24.7. The van der Waals surface area contributed by atoms with E-state index in [1.807, 2.05) is 6.92 Å². The monoisotopic (exact) mass is 222 g/mol. The van der Waals surface area contributed by atoms with E-state index in [2.05, 4.69) is 0 Å². The molecule has 0 amide bonds. The van der Waals surface area contributed by atoms with Crippen molar-refractivity contribution in [3.05, 3.63) is 0 Å². The van der Waals surface area contributed by atoms with Crippen molar-refractivity contribution >= 4 is 5.97 Å². The van der Waals surface area contributed by atoms with Crippen LogP contribution in [0.5, 0.6) is 0 Å². The van der Waals surface area contributed by atoms with Gasteiger partial charge in [0.15, 0.2) is 0 Å². The van der Waals surface area contributed by atoms with Gasteiger partial charge < -0.3 is 5.11 Å². The number of hydrogen-bond acceptors (Lipinski definition) is 3. The van der Waals surface area contributed by atoms with Crippen LogP contribution in [0.3, 0.4) is 0 Å². The third-order valence-corrected chi connectivity index (χ3v) is 2.58. The molecule has 1 aliphatic heterocycles. The number of carboxylic acids is 1. The smallest absolute Gasteiger partial charge is 0.317 e. The molecule has 1 fully saturated rings. The zero-order valence-corrected chi connectivity index (χ0v) is 8.70. The lowest BCUT2D eigenvalue weighted by atomic mass is 10.2. The Bertz CT molecular complexity index is 226. The Kier molecular flexibility index (Phi) is 4.41. The van der Waals surface area contributed by atoms with Gasteiger partial charge in [-0.25, -0.2) is 8.78 Å². The molecule has 0 spiro atoms. The first-order valence-electron chi connectivity index (χ1n) is 4.95. The molecule has 6 heteroatoms. The standard InChI is InChI=1S/C9H16F2N2O2/c1-7-4-12(5-8(10)11)2-3-13(7)6-9(14)15/h7-8H,2-6H2,1H3,(H,14,15)/t7-/m1/s1. The van der Waals surface area contributed by atoms with Gasteiger partial charge in [-0.15, -0.1) is 0 Å². The molecule has 0 aromatic rings. The quantitative estimate of drug-likeness (QED) is 0.745. The van der Waals surface area contributed by atoms with E-state index in [9.17, 15) is 13.6 Å². The van der Waals surface area contributed by atoms with Crippen molar-refractivity contribution in [2.75, 3.05) is 32.7 Å². The molecule has 0 aromatic carbocycles. The van der Waals surface area contributed by atoms with Gasteiger partial charge >= 0.3 is 5.97 Å². The van der Waals surface area contributed by atoms with Crippen LogP contribution in [0.2, 0.25) is 0 Å². The molecule has 1 heterocycles. The third-order valence-electron chi connectivity index (χ3n) is 2.58. The fraction of sp³-hybridized carbons (Fsp3) is 0.889. The number of nitrogens with zero attached hydrogens (tertiary/aromatic N) is 2. The lowest BCUT2D eigenvalue weighted by molar-refractivity contribution is -0.139. The minimum Gasteiger partial charge on any atom is -0.480 e. The first-order valence-corrected chi connectivity index (χ1v) is 4.95. The molecule has 1 atom stereocenters. The Morgan fingerprint density at radius 2 is 2.20 bits per heavy atom. The average Bonchev–Trinajstić information content (AvgIpc) is 2.08. The van der Waals surface area contributed by atoms with E-state index >= 15 is 0 Å².